The summed E-state index contributed by atoms with van der Waals surface area (Å²) in [6, 6.07) is 1.14. The molecule has 0 bridgehead atoms. The molecule has 8 atom stereocenters. The second-order valence-corrected chi connectivity index (χ2v) is 14.3. The van der Waals surface area contributed by atoms with Gasteiger partial charge in [-0.3, -0.25) is 33.6 Å². The molecule has 54 heavy (non-hydrogen) atoms. The van der Waals surface area contributed by atoms with Crippen LogP contribution in [-0.4, -0.2) is 105 Å². The molecule has 12 N–H and O–H groups in total. The zero-order valence-corrected chi connectivity index (χ0v) is 31.7. The topological polar surface area (TPSA) is 309 Å². The Labute approximate surface area is 314 Å². The van der Waals surface area contributed by atoms with Crippen molar-refractivity contribution in [2.75, 3.05) is 0 Å². The van der Waals surface area contributed by atoms with Crippen molar-refractivity contribution in [2.45, 2.75) is 122 Å². The zero-order valence-electron chi connectivity index (χ0n) is 31.7. The van der Waals surface area contributed by atoms with Gasteiger partial charge in [-0.15, -0.1) is 0 Å². The molecule has 0 aliphatic heterocycles. The minimum absolute atomic E-state index is 0.0493. The van der Waals surface area contributed by atoms with Crippen molar-refractivity contribution in [1.82, 2.24) is 26.6 Å². The highest BCUT2D eigenvalue weighted by Gasteiger charge is 2.33. The summed E-state index contributed by atoms with van der Waals surface area (Å²) < 4.78 is 0. The number of hydrogen-bond acceptors (Lipinski definition) is 10. The third-order valence-corrected chi connectivity index (χ3v) is 8.55. The standard InChI is InChI=1S/C36H57N7O11/c1-18(2)14-24(41-34(51)25(17-28(37)45)42-35(52)30(38)19(3)4)27(44)15-20(5)31(48)39-21(6)32(49)40-23(12-13-29(46)47)33(50)43-26(36(53)54)16-22-10-8-7-9-11-22/h7-11,18-21,23-27,30,44H,12-17,38H2,1-6H3,(H2,37,45)(H,39,48)(H,40,49)(H,41,51)(H,42,52)(H,43,50)(H,46,47)(H,53,54)/t20-,21+,23-,24+,25+,26?,27+,30?/m1/s1. The van der Waals surface area contributed by atoms with E-state index in [2.05, 4.69) is 26.6 Å². The lowest BCUT2D eigenvalue weighted by atomic mass is 9.92. The third kappa shape index (κ3) is 17.2. The van der Waals surface area contributed by atoms with Crippen LogP contribution in [0.3, 0.4) is 0 Å². The van der Waals surface area contributed by atoms with E-state index in [-0.39, 0.29) is 37.5 Å². The molecule has 0 aliphatic carbocycles. The highest BCUT2D eigenvalue weighted by atomic mass is 16.4. The summed E-state index contributed by atoms with van der Waals surface area (Å²) in [7, 11) is 0. The van der Waals surface area contributed by atoms with Crippen LogP contribution in [0.4, 0.5) is 0 Å². The predicted octanol–water partition coefficient (Wildman–Crippen LogP) is -1.09. The van der Waals surface area contributed by atoms with Crippen LogP contribution in [-0.2, 0) is 44.8 Å². The first-order chi connectivity index (χ1) is 25.1. The largest absolute Gasteiger partial charge is 0.481 e. The Morgan fingerprint density at radius 1 is 0.685 bits per heavy atom. The summed E-state index contributed by atoms with van der Waals surface area (Å²) in [4.78, 5) is 100. The molecule has 0 radical (unpaired) electrons. The number of aliphatic hydroxyl groups is 1. The lowest BCUT2D eigenvalue weighted by molar-refractivity contribution is -0.143. The van der Waals surface area contributed by atoms with E-state index in [0.717, 1.165) is 0 Å². The number of nitrogens with one attached hydrogen (secondary N) is 5. The van der Waals surface area contributed by atoms with Gasteiger partial charge < -0.3 is 53.4 Å². The molecule has 0 saturated carbocycles. The number of benzene rings is 1. The number of aliphatic carboxylic acids is 2. The molecular formula is C36H57N7O11. The van der Waals surface area contributed by atoms with Crippen LogP contribution in [0.1, 0.15) is 79.2 Å². The first-order valence-corrected chi connectivity index (χ1v) is 17.8. The quantitative estimate of drug-likeness (QED) is 0.0601. The van der Waals surface area contributed by atoms with E-state index in [0.29, 0.717) is 5.56 Å². The molecule has 1 rings (SSSR count). The van der Waals surface area contributed by atoms with Crippen LogP contribution < -0.4 is 38.1 Å². The van der Waals surface area contributed by atoms with Crippen molar-refractivity contribution in [1.29, 1.82) is 0 Å². The second kappa shape index (κ2) is 22.9. The zero-order chi connectivity index (χ0) is 41.3. The number of amides is 6. The van der Waals surface area contributed by atoms with Crippen LogP contribution in [0.15, 0.2) is 30.3 Å². The number of aliphatic hydroxyl groups excluding tert-OH is 1. The SMILES string of the molecule is CC(C)C[C@H](NC(=O)[C@H](CC(N)=O)NC(=O)C(N)C(C)C)[C@@H](O)C[C@@H](C)C(=O)N[C@@H](C)C(=O)N[C@H](CCC(=O)O)C(=O)NC(Cc1ccccc1)C(=O)O. The van der Waals surface area contributed by atoms with E-state index in [4.69, 9.17) is 11.5 Å². The van der Waals surface area contributed by atoms with Gasteiger partial charge in [0.05, 0.1) is 24.6 Å². The Morgan fingerprint density at radius 3 is 1.76 bits per heavy atom. The Bertz CT molecular complexity index is 1460. The Morgan fingerprint density at radius 2 is 1.24 bits per heavy atom. The van der Waals surface area contributed by atoms with Crippen LogP contribution in [0, 0.1) is 17.8 Å². The molecule has 0 saturated heterocycles. The number of primary amides is 1. The van der Waals surface area contributed by atoms with Gasteiger partial charge in [-0.1, -0.05) is 65.0 Å². The smallest absolute Gasteiger partial charge is 0.326 e. The predicted molar refractivity (Wildman–Crippen MR) is 196 cm³/mol. The second-order valence-electron chi connectivity index (χ2n) is 14.3. The summed E-state index contributed by atoms with van der Waals surface area (Å²) in [5.74, 6) is -8.62. The number of carboxylic acid groups (broad SMARTS) is 2. The fourth-order valence-corrected chi connectivity index (χ4v) is 5.29. The van der Waals surface area contributed by atoms with Crippen molar-refractivity contribution in [3.8, 4) is 0 Å². The van der Waals surface area contributed by atoms with Crippen LogP contribution in [0.25, 0.3) is 0 Å². The average Bonchev–Trinajstić information content (AvgIpc) is 3.08. The van der Waals surface area contributed by atoms with Crippen molar-refractivity contribution >= 4 is 47.4 Å². The van der Waals surface area contributed by atoms with Crippen molar-refractivity contribution in [3.63, 3.8) is 0 Å². The maximum atomic E-state index is 13.2. The highest BCUT2D eigenvalue weighted by Crippen LogP contribution is 2.17. The van der Waals surface area contributed by atoms with Gasteiger partial charge in [0.25, 0.3) is 0 Å². The van der Waals surface area contributed by atoms with Crippen molar-refractivity contribution in [3.05, 3.63) is 35.9 Å². The number of hydrogen-bond donors (Lipinski definition) is 10. The first-order valence-electron chi connectivity index (χ1n) is 17.8. The summed E-state index contributed by atoms with van der Waals surface area (Å²) in [6.45, 7) is 9.87. The molecule has 0 fully saturated rings. The summed E-state index contributed by atoms with van der Waals surface area (Å²) in [5.41, 5.74) is 11.8. The van der Waals surface area contributed by atoms with Gasteiger partial charge in [-0.25, -0.2) is 4.79 Å². The molecule has 0 spiro atoms. The maximum absolute atomic E-state index is 13.2. The molecule has 1 aromatic carbocycles. The molecule has 18 heteroatoms. The fraction of sp³-hybridized carbons (Fsp3) is 0.611. The summed E-state index contributed by atoms with van der Waals surface area (Å²) in [5, 5.41) is 42.3. The van der Waals surface area contributed by atoms with E-state index in [9.17, 15) is 53.7 Å². The number of rotatable bonds is 24. The summed E-state index contributed by atoms with van der Waals surface area (Å²) >= 11 is 0. The lowest BCUT2D eigenvalue weighted by Gasteiger charge is -2.30. The minimum Gasteiger partial charge on any atom is -0.481 e. The average molecular weight is 764 g/mol. The fourth-order valence-electron chi connectivity index (χ4n) is 5.29. The third-order valence-electron chi connectivity index (χ3n) is 8.55. The lowest BCUT2D eigenvalue weighted by Crippen LogP contribution is -2.57. The van der Waals surface area contributed by atoms with Crippen LogP contribution in [0.2, 0.25) is 0 Å². The molecule has 0 aromatic heterocycles. The van der Waals surface area contributed by atoms with Gasteiger partial charge in [-0.05, 0) is 43.6 Å². The van der Waals surface area contributed by atoms with Crippen LogP contribution in [0.5, 0.6) is 0 Å². The number of carboxylic acids is 2. The molecule has 18 nitrogen and oxygen atoms in total. The van der Waals surface area contributed by atoms with E-state index in [1.54, 1.807) is 44.2 Å². The maximum Gasteiger partial charge on any atom is 0.326 e. The number of carbonyl (C=O) groups excluding carboxylic acids is 6. The minimum atomic E-state index is -1.45. The van der Waals surface area contributed by atoms with Gasteiger partial charge in [0.15, 0.2) is 0 Å². The number of nitrogens with two attached hydrogens (primary N) is 2. The van der Waals surface area contributed by atoms with Gasteiger partial charge in [0.2, 0.25) is 35.4 Å². The van der Waals surface area contributed by atoms with Crippen LogP contribution >= 0.6 is 0 Å². The Hall–Kier alpha value is -5.10. The van der Waals surface area contributed by atoms with E-state index < -0.39 is 108 Å². The monoisotopic (exact) mass is 763 g/mol. The molecule has 6 amide bonds. The highest BCUT2D eigenvalue weighted by molar-refractivity contribution is 5.94. The van der Waals surface area contributed by atoms with E-state index in [1.165, 1.54) is 13.8 Å². The first kappa shape index (κ1) is 46.9. The number of carbonyl (C=O) groups is 8. The van der Waals surface area contributed by atoms with Crippen molar-refractivity contribution < 1.29 is 53.7 Å². The molecular weight excluding hydrogens is 706 g/mol. The van der Waals surface area contributed by atoms with E-state index in [1.807, 2.05) is 13.8 Å². The van der Waals surface area contributed by atoms with E-state index >= 15 is 0 Å². The van der Waals surface area contributed by atoms with Gasteiger partial charge in [0, 0.05) is 18.8 Å². The van der Waals surface area contributed by atoms with Gasteiger partial charge in [0.1, 0.15) is 24.2 Å². The van der Waals surface area contributed by atoms with Crippen molar-refractivity contribution in [2.24, 2.45) is 29.2 Å². The molecule has 2 unspecified atom stereocenters. The summed E-state index contributed by atoms with van der Waals surface area (Å²) in [6.07, 6.45) is -2.74. The molecule has 302 valence electrons. The molecule has 0 aliphatic rings. The van der Waals surface area contributed by atoms with Gasteiger partial charge >= 0.3 is 11.9 Å². The molecule has 0 heterocycles. The van der Waals surface area contributed by atoms with Gasteiger partial charge in [-0.2, -0.15) is 0 Å². The Balaban J connectivity index is 2.99. The molecule has 1 aromatic rings. The Kier molecular flexibility index (Phi) is 19.9. The normalized spacial score (nSPS) is 15.7.